The quantitative estimate of drug-likeness (QED) is 0.432. The lowest BCUT2D eigenvalue weighted by atomic mass is 10.0. The van der Waals surface area contributed by atoms with Gasteiger partial charge in [0.1, 0.15) is 23.2 Å². The summed E-state index contributed by atoms with van der Waals surface area (Å²) < 4.78 is 25.5. The summed E-state index contributed by atoms with van der Waals surface area (Å²) in [5.41, 5.74) is -0.826. The highest BCUT2D eigenvalue weighted by atomic mass is 19.1. The number of carbonyl (C=O) groups is 2. The number of ketones is 1. The van der Waals surface area contributed by atoms with Crippen molar-refractivity contribution in [1.82, 2.24) is 9.88 Å². The number of nitrogens with one attached hydrogen (secondary N) is 1. The molecular weight excluding hydrogens is 405 g/mol. The van der Waals surface area contributed by atoms with Crippen LogP contribution in [0.25, 0.3) is 0 Å². The number of ether oxygens (including phenoxy) is 2. The lowest BCUT2D eigenvalue weighted by Gasteiger charge is -2.13. The number of pyridine rings is 1. The molecule has 0 aliphatic carbocycles. The van der Waals surface area contributed by atoms with Crippen LogP contribution >= 0.6 is 0 Å². The smallest absolute Gasteiger partial charge is 0.268 e. The average molecular weight is 429 g/mol. The molecule has 0 fully saturated rings. The van der Waals surface area contributed by atoms with Gasteiger partial charge in [-0.3, -0.25) is 14.4 Å². The van der Waals surface area contributed by atoms with Crippen molar-refractivity contribution in [3.63, 3.8) is 0 Å². The van der Waals surface area contributed by atoms with Gasteiger partial charge in [0, 0.05) is 38.6 Å². The van der Waals surface area contributed by atoms with E-state index in [2.05, 4.69) is 5.32 Å². The number of hydrogen-bond acceptors (Lipinski definition) is 6. The molecule has 0 saturated carbocycles. The van der Waals surface area contributed by atoms with Gasteiger partial charge in [-0.2, -0.15) is 5.26 Å². The van der Waals surface area contributed by atoms with E-state index >= 15 is 0 Å². The Balaban J connectivity index is 2.36. The van der Waals surface area contributed by atoms with Gasteiger partial charge in [0.25, 0.3) is 11.5 Å². The summed E-state index contributed by atoms with van der Waals surface area (Å²) in [7, 11) is 1.53. The number of hydrogen-bond donors (Lipinski definition) is 1. The molecule has 1 heterocycles. The molecule has 0 unspecified atom stereocenters. The molecule has 1 aromatic heterocycles. The van der Waals surface area contributed by atoms with Gasteiger partial charge in [-0.1, -0.05) is 6.92 Å². The van der Waals surface area contributed by atoms with Gasteiger partial charge in [0.05, 0.1) is 5.56 Å². The van der Waals surface area contributed by atoms with Crippen molar-refractivity contribution in [3.8, 4) is 11.8 Å². The van der Waals surface area contributed by atoms with E-state index in [1.807, 2.05) is 6.92 Å². The maximum absolute atomic E-state index is 13.9. The van der Waals surface area contributed by atoms with Gasteiger partial charge in [0.15, 0.2) is 12.4 Å². The summed E-state index contributed by atoms with van der Waals surface area (Å²) in [4.78, 5) is 37.3. The zero-order valence-corrected chi connectivity index (χ0v) is 17.4. The van der Waals surface area contributed by atoms with Crippen LogP contribution in [0.1, 0.15) is 41.3 Å². The van der Waals surface area contributed by atoms with Crippen molar-refractivity contribution in [2.24, 2.45) is 0 Å². The minimum atomic E-state index is -0.667. The van der Waals surface area contributed by atoms with Crippen LogP contribution in [0.4, 0.5) is 4.39 Å². The second-order valence-electron chi connectivity index (χ2n) is 6.71. The molecule has 0 aliphatic rings. The topological polar surface area (TPSA) is 110 Å². The molecule has 9 heteroatoms. The van der Waals surface area contributed by atoms with Crippen molar-refractivity contribution in [2.75, 3.05) is 26.9 Å². The third-order valence-corrected chi connectivity index (χ3v) is 4.33. The molecule has 164 valence electrons. The van der Waals surface area contributed by atoms with Crippen LogP contribution in [0.15, 0.2) is 35.3 Å². The number of nitrogens with zero attached hydrogens (tertiary/aromatic N) is 2. The van der Waals surface area contributed by atoms with Gasteiger partial charge in [-0.05, 0) is 37.1 Å². The van der Waals surface area contributed by atoms with Gasteiger partial charge in [-0.25, -0.2) is 4.39 Å². The number of benzene rings is 1. The molecule has 2 aromatic rings. The Hall–Kier alpha value is -3.51. The van der Waals surface area contributed by atoms with Crippen LogP contribution in [-0.2, 0) is 16.1 Å². The van der Waals surface area contributed by atoms with E-state index in [4.69, 9.17) is 9.47 Å². The lowest BCUT2D eigenvalue weighted by molar-refractivity contribution is -0.123. The average Bonchev–Trinajstić information content (AvgIpc) is 2.77. The van der Waals surface area contributed by atoms with E-state index in [0.717, 1.165) is 18.6 Å². The first-order valence-corrected chi connectivity index (χ1v) is 9.78. The Bertz CT molecular complexity index is 1040. The Kier molecular flexibility index (Phi) is 8.91. The minimum absolute atomic E-state index is 0.0219. The molecule has 0 spiro atoms. The zero-order chi connectivity index (χ0) is 22.8. The number of amides is 1. The third-order valence-electron chi connectivity index (χ3n) is 4.33. The summed E-state index contributed by atoms with van der Waals surface area (Å²) in [6.45, 7) is 2.69. The largest absolute Gasteiger partial charge is 0.483 e. The Labute approximate surface area is 179 Å². The Morgan fingerprint density at radius 1 is 1.29 bits per heavy atom. The highest BCUT2D eigenvalue weighted by Crippen LogP contribution is 2.23. The summed E-state index contributed by atoms with van der Waals surface area (Å²) in [6, 6.07) is 6.32. The molecule has 0 bridgehead atoms. The van der Waals surface area contributed by atoms with Gasteiger partial charge in [0.2, 0.25) is 0 Å². The monoisotopic (exact) mass is 429 g/mol. The van der Waals surface area contributed by atoms with Gasteiger partial charge < -0.3 is 19.4 Å². The van der Waals surface area contributed by atoms with Crippen LogP contribution < -0.4 is 15.6 Å². The maximum Gasteiger partial charge on any atom is 0.268 e. The van der Waals surface area contributed by atoms with E-state index in [1.54, 1.807) is 6.07 Å². The van der Waals surface area contributed by atoms with Crippen LogP contribution in [0.5, 0.6) is 5.75 Å². The van der Waals surface area contributed by atoms with Crippen molar-refractivity contribution < 1.29 is 23.5 Å². The number of aromatic nitrogens is 1. The summed E-state index contributed by atoms with van der Waals surface area (Å²) in [6.07, 6.45) is 2.58. The van der Waals surface area contributed by atoms with E-state index in [0.29, 0.717) is 19.6 Å². The maximum atomic E-state index is 13.9. The van der Waals surface area contributed by atoms with E-state index < -0.39 is 17.2 Å². The number of nitriles is 1. The zero-order valence-electron chi connectivity index (χ0n) is 17.4. The molecule has 1 amide bonds. The first-order chi connectivity index (χ1) is 14.9. The molecule has 2 rings (SSSR count). The van der Waals surface area contributed by atoms with Crippen LogP contribution in [-0.4, -0.2) is 43.1 Å². The minimum Gasteiger partial charge on any atom is -0.483 e. The van der Waals surface area contributed by atoms with Gasteiger partial charge in [-0.15, -0.1) is 0 Å². The first-order valence-electron chi connectivity index (χ1n) is 9.78. The van der Waals surface area contributed by atoms with Gasteiger partial charge >= 0.3 is 0 Å². The Morgan fingerprint density at radius 2 is 2.06 bits per heavy atom. The molecule has 0 aliphatic heterocycles. The SMILES string of the molecule is CCCNC(=O)COc1ccc(F)cc1C(=O)c1cc(C#N)c(=O)n(CCCOC)c1. The van der Waals surface area contributed by atoms with Crippen molar-refractivity contribution in [2.45, 2.75) is 26.3 Å². The van der Waals surface area contributed by atoms with Crippen molar-refractivity contribution in [3.05, 3.63) is 63.3 Å². The second-order valence-corrected chi connectivity index (χ2v) is 6.71. The van der Waals surface area contributed by atoms with E-state index in [9.17, 15) is 24.0 Å². The molecular formula is C22H24FN3O5. The second kappa shape index (κ2) is 11.6. The molecule has 0 saturated heterocycles. The molecule has 1 N–H and O–H groups in total. The normalized spacial score (nSPS) is 10.4. The summed E-state index contributed by atoms with van der Waals surface area (Å²) in [5.74, 6) is -1.66. The fourth-order valence-corrected chi connectivity index (χ4v) is 2.81. The molecule has 8 nitrogen and oxygen atoms in total. The van der Waals surface area contributed by atoms with Crippen molar-refractivity contribution in [1.29, 1.82) is 5.26 Å². The summed E-state index contributed by atoms with van der Waals surface area (Å²) in [5, 5.41) is 11.9. The predicted molar refractivity (Wildman–Crippen MR) is 111 cm³/mol. The number of carbonyl (C=O) groups excluding carboxylic acids is 2. The molecule has 0 atom stereocenters. The lowest BCUT2D eigenvalue weighted by Crippen LogP contribution is -2.29. The summed E-state index contributed by atoms with van der Waals surface area (Å²) >= 11 is 0. The highest BCUT2D eigenvalue weighted by Gasteiger charge is 2.19. The standard InChI is InChI=1S/C22H24FN3O5/c1-3-7-25-20(27)14-31-19-6-5-17(23)11-18(19)21(28)16-10-15(12-24)22(29)26(13-16)8-4-9-30-2/h5-6,10-11,13H,3-4,7-9,14H2,1-2H3,(H,25,27). The van der Waals surface area contributed by atoms with Crippen molar-refractivity contribution >= 4 is 11.7 Å². The number of rotatable bonds is 11. The number of methoxy groups -OCH3 is 1. The highest BCUT2D eigenvalue weighted by molar-refractivity contribution is 6.10. The fourth-order valence-electron chi connectivity index (χ4n) is 2.81. The van der Waals surface area contributed by atoms with Crippen LogP contribution in [0.3, 0.4) is 0 Å². The van der Waals surface area contributed by atoms with E-state index in [-0.39, 0.29) is 41.5 Å². The molecule has 0 radical (unpaired) electrons. The Morgan fingerprint density at radius 3 is 2.74 bits per heavy atom. The number of halogens is 1. The van der Waals surface area contributed by atoms with E-state index in [1.165, 1.54) is 30.0 Å². The first kappa shape index (κ1) is 23.8. The molecule has 31 heavy (non-hydrogen) atoms. The van der Waals surface area contributed by atoms with Crippen LogP contribution in [0.2, 0.25) is 0 Å². The number of aryl methyl sites for hydroxylation is 1. The molecule has 1 aromatic carbocycles. The third kappa shape index (κ3) is 6.49. The fraction of sp³-hybridized carbons (Fsp3) is 0.364. The predicted octanol–water partition coefficient (Wildman–Crippen LogP) is 2.03. The van der Waals surface area contributed by atoms with Crippen LogP contribution in [0, 0.1) is 17.1 Å².